The van der Waals surface area contributed by atoms with Crippen molar-refractivity contribution < 1.29 is 9.15 Å². The van der Waals surface area contributed by atoms with E-state index in [4.69, 9.17) is 14.4 Å². The van der Waals surface area contributed by atoms with E-state index in [0.29, 0.717) is 42.3 Å². The highest BCUT2D eigenvalue weighted by Crippen LogP contribution is 2.20. The summed E-state index contributed by atoms with van der Waals surface area (Å²) >= 11 is 0. The van der Waals surface area contributed by atoms with Gasteiger partial charge in [0.2, 0.25) is 17.7 Å². The van der Waals surface area contributed by atoms with Crippen molar-refractivity contribution >= 4 is 0 Å². The van der Waals surface area contributed by atoms with Crippen LogP contribution in [-0.4, -0.2) is 39.8 Å². The molecule has 0 atom stereocenters. The van der Waals surface area contributed by atoms with Gasteiger partial charge in [-0.3, -0.25) is 4.90 Å². The second kappa shape index (κ2) is 7.20. The Hall–Kier alpha value is -2.46. The van der Waals surface area contributed by atoms with Crippen LogP contribution in [0.4, 0.5) is 0 Å². The second-order valence-electron chi connectivity index (χ2n) is 5.74. The summed E-state index contributed by atoms with van der Waals surface area (Å²) < 4.78 is 11.1. The first kappa shape index (κ1) is 15.4. The number of likely N-dealkylation sites (tertiary alicyclic amines) is 1. The second-order valence-corrected chi connectivity index (χ2v) is 5.74. The molecule has 1 saturated heterocycles. The number of piperidine rings is 1. The number of hydrogen-bond donors (Lipinski definition) is 0. The number of aromatic nitrogens is 3. The maximum absolute atomic E-state index is 8.87. The molecule has 0 saturated carbocycles. The van der Waals surface area contributed by atoms with Crippen molar-refractivity contribution in [2.45, 2.75) is 26.3 Å². The van der Waals surface area contributed by atoms with Crippen molar-refractivity contribution in [3.63, 3.8) is 0 Å². The van der Waals surface area contributed by atoms with Crippen LogP contribution in [-0.2, 0) is 6.54 Å². The van der Waals surface area contributed by atoms with Crippen LogP contribution in [0.2, 0.25) is 0 Å². The van der Waals surface area contributed by atoms with E-state index in [0.717, 1.165) is 25.9 Å². The summed E-state index contributed by atoms with van der Waals surface area (Å²) in [5.74, 6) is 2.31. The van der Waals surface area contributed by atoms with E-state index >= 15 is 0 Å². The van der Waals surface area contributed by atoms with Crippen LogP contribution in [0.1, 0.15) is 30.2 Å². The Bertz CT molecular complexity index is 686. The molecule has 1 aliphatic rings. The van der Waals surface area contributed by atoms with Gasteiger partial charge in [0, 0.05) is 19.2 Å². The molecule has 0 N–H and O–H groups in total. The molecule has 0 aliphatic carbocycles. The summed E-state index contributed by atoms with van der Waals surface area (Å²) in [6.07, 6.45) is 3.72. The quantitative estimate of drug-likeness (QED) is 0.833. The molecule has 0 aromatic carbocycles. The lowest BCUT2D eigenvalue weighted by atomic mass is 9.98. The van der Waals surface area contributed by atoms with Crippen LogP contribution in [0.15, 0.2) is 22.7 Å². The summed E-state index contributed by atoms with van der Waals surface area (Å²) in [6, 6.07) is 5.43. The average molecular weight is 313 g/mol. The van der Waals surface area contributed by atoms with E-state index in [1.165, 1.54) is 0 Å². The van der Waals surface area contributed by atoms with Crippen molar-refractivity contribution in [3.05, 3.63) is 35.7 Å². The third-order valence-electron chi connectivity index (χ3n) is 3.96. The standard InChI is InChI=1S/C16H19N5O2/c1-12-19-20-16(23-12)10-21-6-3-13(4-7-21)11-22-15-8-14(9-17)2-5-18-15/h2,5,8,13H,3-4,6-7,10-11H2,1H3. The largest absolute Gasteiger partial charge is 0.477 e. The SMILES string of the molecule is Cc1nnc(CN2CCC(COc3cc(C#N)ccn3)CC2)o1. The van der Waals surface area contributed by atoms with Crippen LogP contribution in [0, 0.1) is 24.2 Å². The molecule has 3 heterocycles. The van der Waals surface area contributed by atoms with Crippen molar-refractivity contribution in [2.24, 2.45) is 5.92 Å². The summed E-state index contributed by atoms with van der Waals surface area (Å²) in [7, 11) is 0. The normalized spacial score (nSPS) is 16.2. The van der Waals surface area contributed by atoms with Crippen LogP contribution in [0.25, 0.3) is 0 Å². The Balaban J connectivity index is 1.43. The molecule has 0 radical (unpaired) electrons. The van der Waals surface area contributed by atoms with Gasteiger partial charge in [0.1, 0.15) is 0 Å². The highest BCUT2D eigenvalue weighted by atomic mass is 16.5. The molecule has 120 valence electrons. The number of aryl methyl sites for hydroxylation is 1. The van der Waals surface area contributed by atoms with E-state index < -0.39 is 0 Å². The van der Waals surface area contributed by atoms with Gasteiger partial charge in [-0.2, -0.15) is 5.26 Å². The number of hydrogen-bond acceptors (Lipinski definition) is 7. The van der Waals surface area contributed by atoms with Gasteiger partial charge in [-0.15, -0.1) is 10.2 Å². The molecular formula is C16H19N5O2. The molecule has 1 aliphatic heterocycles. The fraction of sp³-hybridized carbons (Fsp3) is 0.500. The molecule has 3 rings (SSSR count). The lowest BCUT2D eigenvalue weighted by Gasteiger charge is -2.30. The predicted molar refractivity (Wildman–Crippen MR) is 81.5 cm³/mol. The first-order valence-electron chi connectivity index (χ1n) is 7.73. The van der Waals surface area contributed by atoms with Gasteiger partial charge in [-0.05, 0) is 37.9 Å². The Morgan fingerprint density at radius 1 is 1.39 bits per heavy atom. The van der Waals surface area contributed by atoms with E-state index in [1.54, 1.807) is 25.3 Å². The van der Waals surface area contributed by atoms with E-state index in [2.05, 4.69) is 26.2 Å². The van der Waals surface area contributed by atoms with Gasteiger partial charge in [0.25, 0.3) is 0 Å². The van der Waals surface area contributed by atoms with Gasteiger partial charge in [0.05, 0.1) is 24.8 Å². The fourth-order valence-corrected chi connectivity index (χ4v) is 2.67. The number of nitrogens with zero attached hydrogens (tertiary/aromatic N) is 5. The maximum Gasteiger partial charge on any atom is 0.230 e. The molecule has 2 aromatic rings. The lowest BCUT2D eigenvalue weighted by molar-refractivity contribution is 0.127. The molecule has 7 heteroatoms. The third kappa shape index (κ3) is 4.27. The van der Waals surface area contributed by atoms with Crippen molar-refractivity contribution in [1.82, 2.24) is 20.1 Å². The summed E-state index contributed by atoms with van der Waals surface area (Å²) in [4.78, 5) is 6.45. The van der Waals surface area contributed by atoms with E-state index in [1.807, 2.05) is 0 Å². The van der Waals surface area contributed by atoms with Gasteiger partial charge < -0.3 is 9.15 Å². The van der Waals surface area contributed by atoms with Crippen LogP contribution < -0.4 is 4.74 Å². The van der Waals surface area contributed by atoms with Crippen LogP contribution in [0.5, 0.6) is 5.88 Å². The molecule has 2 aromatic heterocycles. The Kier molecular flexibility index (Phi) is 4.83. The summed E-state index contributed by atoms with van der Waals surface area (Å²) in [6.45, 7) is 5.12. The Morgan fingerprint density at radius 3 is 2.91 bits per heavy atom. The van der Waals surface area contributed by atoms with Gasteiger partial charge in [-0.1, -0.05) is 0 Å². The first-order chi connectivity index (χ1) is 11.2. The van der Waals surface area contributed by atoms with Gasteiger partial charge in [-0.25, -0.2) is 4.98 Å². The van der Waals surface area contributed by atoms with Crippen molar-refractivity contribution in [1.29, 1.82) is 5.26 Å². The molecule has 7 nitrogen and oxygen atoms in total. The highest BCUT2D eigenvalue weighted by Gasteiger charge is 2.21. The zero-order valence-electron chi connectivity index (χ0n) is 13.1. The molecule has 0 unspecified atom stereocenters. The number of pyridine rings is 1. The highest BCUT2D eigenvalue weighted by molar-refractivity contribution is 5.31. The molecule has 0 spiro atoms. The zero-order valence-corrected chi connectivity index (χ0v) is 13.1. The topological polar surface area (TPSA) is 88.1 Å². The van der Waals surface area contributed by atoms with Crippen molar-refractivity contribution in [2.75, 3.05) is 19.7 Å². The van der Waals surface area contributed by atoms with Gasteiger partial charge >= 0.3 is 0 Å². The molecule has 0 bridgehead atoms. The first-order valence-corrected chi connectivity index (χ1v) is 7.73. The minimum Gasteiger partial charge on any atom is -0.477 e. The monoisotopic (exact) mass is 313 g/mol. The number of nitriles is 1. The molecule has 0 amide bonds. The predicted octanol–water partition coefficient (Wildman–Crippen LogP) is 1.94. The maximum atomic E-state index is 8.87. The number of rotatable bonds is 5. The van der Waals surface area contributed by atoms with Crippen LogP contribution in [0.3, 0.4) is 0 Å². The fourth-order valence-electron chi connectivity index (χ4n) is 2.67. The smallest absolute Gasteiger partial charge is 0.230 e. The van der Waals surface area contributed by atoms with Crippen molar-refractivity contribution in [3.8, 4) is 11.9 Å². The van der Waals surface area contributed by atoms with E-state index in [9.17, 15) is 0 Å². The van der Waals surface area contributed by atoms with E-state index in [-0.39, 0.29) is 0 Å². The third-order valence-corrected chi connectivity index (χ3v) is 3.96. The lowest BCUT2D eigenvalue weighted by Crippen LogP contribution is -2.35. The minimum atomic E-state index is 0.503. The van der Waals surface area contributed by atoms with Crippen LogP contribution >= 0.6 is 0 Å². The Labute approximate surface area is 134 Å². The van der Waals surface area contributed by atoms with Gasteiger partial charge in [0.15, 0.2) is 0 Å². The zero-order chi connectivity index (χ0) is 16.1. The number of ether oxygens (including phenoxy) is 1. The minimum absolute atomic E-state index is 0.503. The molecule has 1 fully saturated rings. The molecule has 23 heavy (non-hydrogen) atoms. The molecular weight excluding hydrogens is 294 g/mol. The Morgan fingerprint density at radius 2 is 2.22 bits per heavy atom. The average Bonchev–Trinajstić information content (AvgIpc) is 2.99. The summed E-state index contributed by atoms with van der Waals surface area (Å²) in [5, 5.41) is 16.8. The summed E-state index contributed by atoms with van der Waals surface area (Å²) in [5.41, 5.74) is 0.569.